The minimum atomic E-state index is -0.374. The Bertz CT molecular complexity index is 262. The van der Waals surface area contributed by atoms with Gasteiger partial charge in [0.15, 0.2) is 11.7 Å². The molecule has 0 saturated heterocycles. The van der Waals surface area contributed by atoms with Crippen LogP contribution in [0.1, 0.15) is 52.4 Å². The van der Waals surface area contributed by atoms with Crippen LogP contribution in [0.5, 0.6) is 0 Å². The number of Topliss-reactive ketones (excluding diaryl/α,β-unsaturated/α-hetero) is 1. The van der Waals surface area contributed by atoms with Crippen molar-refractivity contribution in [2.45, 2.75) is 58.4 Å². The second kappa shape index (κ2) is 9.88. The highest BCUT2D eigenvalue weighted by atomic mass is 16.1. The zero-order valence-corrected chi connectivity index (χ0v) is 11.7. The normalized spacial score (nSPS) is 13.9. The molecular formula is C13H28N4O. The van der Waals surface area contributed by atoms with Gasteiger partial charge >= 0.3 is 0 Å². The number of nitrogens with two attached hydrogens (primary N) is 3. The molecule has 0 saturated carbocycles. The van der Waals surface area contributed by atoms with Crippen molar-refractivity contribution in [3.63, 3.8) is 0 Å². The van der Waals surface area contributed by atoms with Gasteiger partial charge in [-0.05, 0) is 25.7 Å². The molecule has 0 aromatic carbocycles. The number of aliphatic imine (C=N–C) groups is 1. The quantitative estimate of drug-likeness (QED) is 0.309. The van der Waals surface area contributed by atoms with Crippen molar-refractivity contribution in [2.75, 3.05) is 6.54 Å². The largest absolute Gasteiger partial charge is 0.370 e. The summed E-state index contributed by atoms with van der Waals surface area (Å²) in [6.45, 7) is 4.71. The first kappa shape index (κ1) is 16.9. The third kappa shape index (κ3) is 7.27. The maximum atomic E-state index is 12.1. The third-order valence-corrected chi connectivity index (χ3v) is 3.13. The fourth-order valence-corrected chi connectivity index (χ4v) is 1.96. The van der Waals surface area contributed by atoms with E-state index in [1.54, 1.807) is 0 Å². The van der Waals surface area contributed by atoms with Gasteiger partial charge in [0.1, 0.15) is 0 Å². The Labute approximate surface area is 110 Å². The summed E-state index contributed by atoms with van der Waals surface area (Å²) in [5, 5.41) is 0. The molecular weight excluding hydrogens is 228 g/mol. The molecule has 0 aliphatic carbocycles. The number of hydrogen-bond acceptors (Lipinski definition) is 3. The van der Waals surface area contributed by atoms with Gasteiger partial charge in [-0.3, -0.25) is 9.79 Å². The van der Waals surface area contributed by atoms with Gasteiger partial charge in [-0.25, -0.2) is 0 Å². The van der Waals surface area contributed by atoms with E-state index in [-0.39, 0.29) is 23.7 Å². The maximum Gasteiger partial charge on any atom is 0.185 e. The predicted molar refractivity (Wildman–Crippen MR) is 76.2 cm³/mol. The monoisotopic (exact) mass is 256 g/mol. The second-order valence-corrected chi connectivity index (χ2v) is 4.71. The molecule has 106 valence electrons. The molecule has 0 aliphatic heterocycles. The lowest BCUT2D eigenvalue weighted by Gasteiger charge is -2.18. The van der Waals surface area contributed by atoms with Crippen LogP contribution < -0.4 is 17.2 Å². The molecule has 18 heavy (non-hydrogen) atoms. The summed E-state index contributed by atoms with van der Waals surface area (Å²) in [6.07, 6.45) is 5.43. The van der Waals surface area contributed by atoms with E-state index < -0.39 is 0 Å². The summed E-state index contributed by atoms with van der Waals surface area (Å²) in [5.74, 6) is 0.392. The van der Waals surface area contributed by atoms with Gasteiger partial charge < -0.3 is 17.2 Å². The van der Waals surface area contributed by atoms with Crippen LogP contribution in [0.2, 0.25) is 0 Å². The molecule has 0 fully saturated rings. The van der Waals surface area contributed by atoms with Gasteiger partial charge in [0.25, 0.3) is 0 Å². The van der Waals surface area contributed by atoms with Crippen molar-refractivity contribution in [3.05, 3.63) is 0 Å². The highest BCUT2D eigenvalue weighted by molar-refractivity contribution is 5.86. The highest BCUT2D eigenvalue weighted by Crippen LogP contribution is 2.16. The zero-order chi connectivity index (χ0) is 14.0. The van der Waals surface area contributed by atoms with Crippen LogP contribution in [0.4, 0.5) is 0 Å². The number of nitrogens with zero attached hydrogens (tertiary/aromatic N) is 1. The second-order valence-electron chi connectivity index (χ2n) is 4.71. The van der Waals surface area contributed by atoms with E-state index in [1.165, 1.54) is 0 Å². The fraction of sp³-hybridized carbons (Fsp3) is 0.846. The first-order valence-corrected chi connectivity index (χ1v) is 6.87. The van der Waals surface area contributed by atoms with Crippen LogP contribution in [-0.4, -0.2) is 24.3 Å². The Morgan fingerprint density at radius 3 is 2.33 bits per heavy atom. The smallest absolute Gasteiger partial charge is 0.185 e. The number of hydrogen-bond donors (Lipinski definition) is 3. The molecule has 0 amide bonds. The molecule has 0 bridgehead atoms. The Hall–Kier alpha value is -1.10. The lowest BCUT2D eigenvalue weighted by molar-refractivity contribution is -0.124. The van der Waals surface area contributed by atoms with Crippen molar-refractivity contribution in [2.24, 2.45) is 28.1 Å². The van der Waals surface area contributed by atoms with Gasteiger partial charge in [-0.2, -0.15) is 0 Å². The first-order valence-electron chi connectivity index (χ1n) is 6.87. The number of rotatable bonds is 10. The van der Waals surface area contributed by atoms with Crippen LogP contribution in [0.15, 0.2) is 4.99 Å². The zero-order valence-electron chi connectivity index (χ0n) is 11.7. The van der Waals surface area contributed by atoms with Gasteiger partial charge in [0.2, 0.25) is 0 Å². The molecule has 0 radical (unpaired) electrons. The van der Waals surface area contributed by atoms with Gasteiger partial charge in [0.05, 0.1) is 6.04 Å². The van der Waals surface area contributed by atoms with Crippen molar-refractivity contribution in [3.8, 4) is 0 Å². The number of guanidine groups is 1. The summed E-state index contributed by atoms with van der Waals surface area (Å²) in [6, 6.07) is -0.374. The van der Waals surface area contributed by atoms with E-state index in [1.807, 2.05) is 6.92 Å². The SMILES string of the molecule is CCCCC(CC)C(=O)[C@@H](N)CCCN=C(N)N. The minimum absolute atomic E-state index is 0.0873. The number of ketones is 1. The van der Waals surface area contributed by atoms with E-state index in [4.69, 9.17) is 17.2 Å². The van der Waals surface area contributed by atoms with Crippen molar-refractivity contribution in [1.82, 2.24) is 0 Å². The molecule has 0 heterocycles. The van der Waals surface area contributed by atoms with E-state index in [9.17, 15) is 4.79 Å². The molecule has 1 unspecified atom stereocenters. The molecule has 2 atom stereocenters. The van der Waals surface area contributed by atoms with Crippen LogP contribution in [0.25, 0.3) is 0 Å². The summed E-state index contributed by atoms with van der Waals surface area (Å²) in [4.78, 5) is 16.0. The Morgan fingerprint density at radius 2 is 1.83 bits per heavy atom. The average Bonchev–Trinajstić information content (AvgIpc) is 2.34. The van der Waals surface area contributed by atoms with Crippen molar-refractivity contribution >= 4 is 11.7 Å². The molecule has 0 aromatic rings. The lowest BCUT2D eigenvalue weighted by atomic mass is 9.89. The van der Waals surface area contributed by atoms with Crippen LogP contribution in [-0.2, 0) is 4.79 Å². The molecule has 0 aliphatic rings. The minimum Gasteiger partial charge on any atom is -0.370 e. The van der Waals surface area contributed by atoms with Crippen LogP contribution in [0, 0.1) is 5.92 Å². The summed E-state index contributed by atoms with van der Waals surface area (Å²) in [5.41, 5.74) is 16.4. The Balaban J connectivity index is 4.02. The maximum absolute atomic E-state index is 12.1. The number of carbonyl (C=O) groups is 1. The molecule has 5 heteroatoms. The molecule has 0 aromatic heterocycles. The van der Waals surface area contributed by atoms with E-state index in [2.05, 4.69) is 11.9 Å². The van der Waals surface area contributed by atoms with Crippen LogP contribution in [0.3, 0.4) is 0 Å². The average molecular weight is 256 g/mol. The summed E-state index contributed by atoms with van der Waals surface area (Å²) < 4.78 is 0. The highest BCUT2D eigenvalue weighted by Gasteiger charge is 2.21. The Kier molecular flexibility index (Phi) is 9.28. The van der Waals surface area contributed by atoms with Crippen LogP contribution >= 0.6 is 0 Å². The third-order valence-electron chi connectivity index (χ3n) is 3.13. The summed E-state index contributed by atoms with van der Waals surface area (Å²) in [7, 11) is 0. The molecule has 5 nitrogen and oxygen atoms in total. The molecule has 0 rings (SSSR count). The van der Waals surface area contributed by atoms with E-state index >= 15 is 0 Å². The van der Waals surface area contributed by atoms with Gasteiger partial charge in [-0.1, -0.05) is 26.7 Å². The standard InChI is InChI=1S/C13H28N4O/c1-3-5-7-10(4-2)12(18)11(14)8-6-9-17-13(15)16/h10-11H,3-9,14H2,1-2H3,(H4,15,16,17)/t10?,11-/m0/s1. The molecule has 6 N–H and O–H groups in total. The molecule has 0 spiro atoms. The Morgan fingerprint density at radius 1 is 1.17 bits per heavy atom. The predicted octanol–water partition coefficient (Wildman–Crippen LogP) is 1.15. The summed E-state index contributed by atoms with van der Waals surface area (Å²) >= 11 is 0. The van der Waals surface area contributed by atoms with Crippen molar-refractivity contribution < 1.29 is 4.79 Å². The lowest BCUT2D eigenvalue weighted by Crippen LogP contribution is -2.35. The topological polar surface area (TPSA) is 107 Å². The van der Waals surface area contributed by atoms with E-state index in [0.717, 1.165) is 32.1 Å². The number of unbranched alkanes of at least 4 members (excludes halogenated alkanes) is 1. The number of carbonyl (C=O) groups excluding carboxylic acids is 1. The first-order chi connectivity index (χ1) is 8.52. The van der Waals surface area contributed by atoms with Gasteiger partial charge in [0, 0.05) is 12.5 Å². The fourth-order valence-electron chi connectivity index (χ4n) is 1.96. The van der Waals surface area contributed by atoms with Crippen molar-refractivity contribution in [1.29, 1.82) is 0 Å². The van der Waals surface area contributed by atoms with Gasteiger partial charge in [-0.15, -0.1) is 0 Å². The van der Waals surface area contributed by atoms with E-state index in [0.29, 0.717) is 13.0 Å².